The van der Waals surface area contributed by atoms with E-state index in [1.165, 1.54) is 6.07 Å². The smallest absolute Gasteiger partial charge is 0.263 e. The maximum absolute atomic E-state index is 13.6. The standard InChI is InChI=1S/C16H22F2N2O2/c1-16(2,22-14-5-4-11(17)10-13(14)18)15(21)19-12-6-8-20(3)9-7-12/h4-5,10,12H,6-9H2,1-3H3,(H,19,21). The van der Waals surface area contributed by atoms with Gasteiger partial charge in [-0.1, -0.05) is 0 Å². The van der Waals surface area contributed by atoms with Gasteiger partial charge < -0.3 is 15.0 Å². The molecule has 1 saturated heterocycles. The zero-order valence-electron chi connectivity index (χ0n) is 13.2. The average molecular weight is 312 g/mol. The van der Waals surface area contributed by atoms with Crippen molar-refractivity contribution in [3.05, 3.63) is 29.8 Å². The van der Waals surface area contributed by atoms with Gasteiger partial charge in [0.25, 0.3) is 5.91 Å². The Hall–Kier alpha value is -1.69. The second-order valence-corrected chi connectivity index (χ2v) is 6.24. The lowest BCUT2D eigenvalue weighted by Gasteiger charge is -2.32. The van der Waals surface area contributed by atoms with Gasteiger partial charge in [0, 0.05) is 12.1 Å². The van der Waals surface area contributed by atoms with Gasteiger partial charge in [-0.25, -0.2) is 8.78 Å². The van der Waals surface area contributed by atoms with Gasteiger partial charge in [-0.3, -0.25) is 4.79 Å². The van der Waals surface area contributed by atoms with E-state index in [1.54, 1.807) is 13.8 Å². The number of carbonyl (C=O) groups excluding carboxylic acids is 1. The third-order valence-electron chi connectivity index (χ3n) is 3.86. The van der Waals surface area contributed by atoms with Crippen molar-refractivity contribution in [2.24, 2.45) is 0 Å². The molecular formula is C16H22F2N2O2. The molecule has 6 heteroatoms. The summed E-state index contributed by atoms with van der Waals surface area (Å²) in [6.45, 7) is 5.00. The lowest BCUT2D eigenvalue weighted by Crippen LogP contribution is -2.52. The van der Waals surface area contributed by atoms with E-state index in [4.69, 9.17) is 4.74 Å². The van der Waals surface area contributed by atoms with Crippen LogP contribution in [0.25, 0.3) is 0 Å². The summed E-state index contributed by atoms with van der Waals surface area (Å²) in [5.74, 6) is -1.94. The van der Waals surface area contributed by atoms with Crippen molar-refractivity contribution in [1.82, 2.24) is 10.2 Å². The largest absolute Gasteiger partial charge is 0.475 e. The molecule has 1 amide bonds. The van der Waals surface area contributed by atoms with Crippen LogP contribution in [0.3, 0.4) is 0 Å². The quantitative estimate of drug-likeness (QED) is 0.928. The third-order valence-corrected chi connectivity index (χ3v) is 3.86. The zero-order valence-corrected chi connectivity index (χ0v) is 13.2. The van der Waals surface area contributed by atoms with Crippen LogP contribution in [-0.4, -0.2) is 42.6 Å². The first-order valence-corrected chi connectivity index (χ1v) is 7.41. The van der Waals surface area contributed by atoms with Crippen molar-refractivity contribution in [2.45, 2.75) is 38.3 Å². The van der Waals surface area contributed by atoms with Gasteiger partial charge in [0.05, 0.1) is 0 Å². The van der Waals surface area contributed by atoms with Gasteiger partial charge in [0.2, 0.25) is 0 Å². The van der Waals surface area contributed by atoms with E-state index in [0.29, 0.717) is 0 Å². The van der Waals surface area contributed by atoms with Crippen LogP contribution in [0.1, 0.15) is 26.7 Å². The van der Waals surface area contributed by atoms with E-state index in [2.05, 4.69) is 10.2 Å². The van der Waals surface area contributed by atoms with Crippen LogP contribution in [0.4, 0.5) is 8.78 Å². The van der Waals surface area contributed by atoms with Gasteiger partial charge in [0.1, 0.15) is 5.82 Å². The molecular weight excluding hydrogens is 290 g/mol. The first-order chi connectivity index (χ1) is 10.3. The van der Waals surface area contributed by atoms with Crippen LogP contribution < -0.4 is 10.1 Å². The third kappa shape index (κ3) is 4.16. The summed E-state index contributed by atoms with van der Waals surface area (Å²) in [4.78, 5) is 14.6. The molecule has 1 aromatic carbocycles. The first kappa shape index (κ1) is 16.7. The molecule has 0 aromatic heterocycles. The number of hydrogen-bond donors (Lipinski definition) is 1. The highest BCUT2D eigenvalue weighted by atomic mass is 19.1. The zero-order chi connectivity index (χ0) is 16.3. The molecule has 0 atom stereocenters. The van der Waals surface area contributed by atoms with Crippen LogP contribution in [0.15, 0.2) is 18.2 Å². The monoisotopic (exact) mass is 312 g/mol. The van der Waals surface area contributed by atoms with Crippen LogP contribution >= 0.6 is 0 Å². The molecule has 0 aliphatic carbocycles. The van der Waals surface area contributed by atoms with Crippen LogP contribution in [0, 0.1) is 11.6 Å². The maximum Gasteiger partial charge on any atom is 0.263 e. The maximum atomic E-state index is 13.6. The predicted molar refractivity (Wildman–Crippen MR) is 79.7 cm³/mol. The topological polar surface area (TPSA) is 41.6 Å². The summed E-state index contributed by atoms with van der Waals surface area (Å²) < 4.78 is 32.0. The molecule has 0 saturated carbocycles. The normalized spacial score (nSPS) is 17.3. The van der Waals surface area contributed by atoms with Crippen molar-refractivity contribution in [3.63, 3.8) is 0 Å². The minimum absolute atomic E-state index is 0.102. The van der Waals surface area contributed by atoms with Gasteiger partial charge in [0.15, 0.2) is 17.2 Å². The number of hydrogen-bond acceptors (Lipinski definition) is 3. The van der Waals surface area contributed by atoms with Gasteiger partial charge in [-0.05, 0) is 59.0 Å². The number of piperidine rings is 1. The molecule has 1 aliphatic rings. The molecule has 1 aliphatic heterocycles. The Morgan fingerprint density at radius 2 is 1.95 bits per heavy atom. The second kappa shape index (κ2) is 6.60. The highest BCUT2D eigenvalue weighted by Crippen LogP contribution is 2.23. The summed E-state index contributed by atoms with van der Waals surface area (Å²) in [6, 6.07) is 3.13. The molecule has 0 bridgehead atoms. The minimum Gasteiger partial charge on any atom is -0.475 e. The van der Waals surface area contributed by atoms with Crippen molar-refractivity contribution < 1.29 is 18.3 Å². The van der Waals surface area contributed by atoms with Crippen LogP contribution in [0.5, 0.6) is 5.75 Å². The number of carbonyl (C=O) groups is 1. The Kier molecular flexibility index (Phi) is 5.01. The van der Waals surface area contributed by atoms with Crippen molar-refractivity contribution in [2.75, 3.05) is 20.1 Å². The number of halogens is 2. The summed E-state index contributed by atoms with van der Waals surface area (Å²) >= 11 is 0. The molecule has 1 N–H and O–H groups in total. The van der Waals surface area contributed by atoms with Gasteiger partial charge >= 0.3 is 0 Å². The van der Waals surface area contributed by atoms with E-state index in [0.717, 1.165) is 38.1 Å². The predicted octanol–water partition coefficient (Wildman–Crippen LogP) is 2.33. The molecule has 0 spiro atoms. The number of nitrogens with zero attached hydrogens (tertiary/aromatic N) is 1. The Morgan fingerprint density at radius 1 is 1.32 bits per heavy atom. The first-order valence-electron chi connectivity index (χ1n) is 7.41. The SMILES string of the molecule is CN1CCC(NC(=O)C(C)(C)Oc2ccc(F)cc2F)CC1. The van der Waals surface area contributed by atoms with E-state index in [1.807, 2.05) is 7.05 Å². The molecule has 4 nitrogen and oxygen atoms in total. The number of nitrogens with one attached hydrogen (secondary N) is 1. The second-order valence-electron chi connectivity index (χ2n) is 6.24. The summed E-state index contributed by atoms with van der Waals surface area (Å²) in [5, 5.41) is 2.94. The number of rotatable bonds is 4. The van der Waals surface area contributed by atoms with Crippen molar-refractivity contribution in [1.29, 1.82) is 0 Å². The fourth-order valence-corrected chi connectivity index (χ4v) is 2.39. The van der Waals surface area contributed by atoms with E-state index in [-0.39, 0.29) is 17.7 Å². The highest BCUT2D eigenvalue weighted by Gasteiger charge is 2.33. The van der Waals surface area contributed by atoms with Crippen LogP contribution in [-0.2, 0) is 4.79 Å². The number of amides is 1. The van der Waals surface area contributed by atoms with Crippen molar-refractivity contribution in [3.8, 4) is 5.75 Å². The molecule has 1 aromatic rings. The van der Waals surface area contributed by atoms with Gasteiger partial charge in [-0.2, -0.15) is 0 Å². The minimum atomic E-state index is -1.23. The van der Waals surface area contributed by atoms with E-state index in [9.17, 15) is 13.6 Å². The van der Waals surface area contributed by atoms with Crippen molar-refractivity contribution >= 4 is 5.91 Å². The molecule has 1 fully saturated rings. The summed E-state index contributed by atoms with van der Waals surface area (Å²) in [6.07, 6.45) is 1.76. The Labute approximate surface area is 129 Å². The Bertz CT molecular complexity index is 541. The Balaban J connectivity index is 1.98. The lowest BCUT2D eigenvalue weighted by molar-refractivity contribution is -0.135. The molecule has 0 radical (unpaired) electrons. The molecule has 0 unspecified atom stereocenters. The summed E-state index contributed by atoms with van der Waals surface area (Å²) in [7, 11) is 2.04. The highest BCUT2D eigenvalue weighted by molar-refractivity contribution is 5.85. The molecule has 1 heterocycles. The average Bonchev–Trinajstić information content (AvgIpc) is 2.44. The number of ether oxygens (including phenoxy) is 1. The molecule has 2 rings (SSSR count). The van der Waals surface area contributed by atoms with Crippen LogP contribution in [0.2, 0.25) is 0 Å². The fourth-order valence-electron chi connectivity index (χ4n) is 2.39. The molecule has 22 heavy (non-hydrogen) atoms. The van der Waals surface area contributed by atoms with Gasteiger partial charge in [-0.15, -0.1) is 0 Å². The molecule has 122 valence electrons. The lowest BCUT2D eigenvalue weighted by atomic mass is 10.0. The number of benzene rings is 1. The summed E-state index contributed by atoms with van der Waals surface area (Å²) in [5.41, 5.74) is -1.23. The Morgan fingerprint density at radius 3 is 2.55 bits per heavy atom. The van der Waals surface area contributed by atoms with E-state index < -0.39 is 17.2 Å². The van der Waals surface area contributed by atoms with E-state index >= 15 is 0 Å². The fraction of sp³-hybridized carbons (Fsp3) is 0.562. The number of likely N-dealkylation sites (tertiary alicyclic amines) is 1.